The van der Waals surface area contributed by atoms with Gasteiger partial charge in [-0.05, 0) is 47.0 Å². The lowest BCUT2D eigenvalue weighted by molar-refractivity contribution is 0.538. The maximum absolute atomic E-state index is 5.62. The van der Waals surface area contributed by atoms with Crippen molar-refractivity contribution in [1.82, 2.24) is 10.4 Å². The number of halogens is 1. The monoisotopic (exact) mass is 305 g/mol. The van der Waals surface area contributed by atoms with E-state index in [1.54, 1.807) is 6.20 Å². The van der Waals surface area contributed by atoms with Crippen molar-refractivity contribution < 1.29 is 0 Å². The normalized spacial score (nSPS) is 12.4. The number of pyridine rings is 1. The maximum Gasteiger partial charge on any atom is 0.0672 e. The summed E-state index contributed by atoms with van der Waals surface area (Å²) < 4.78 is 0.970. The fraction of sp³-hybridized carbons (Fsp3) is 0.214. The second kappa shape index (κ2) is 6.09. The van der Waals surface area contributed by atoms with Crippen molar-refractivity contribution in [1.29, 1.82) is 0 Å². The molecule has 1 aromatic heterocycles. The Morgan fingerprint density at radius 3 is 2.50 bits per heavy atom. The van der Waals surface area contributed by atoms with E-state index in [-0.39, 0.29) is 6.04 Å². The van der Waals surface area contributed by atoms with Crippen LogP contribution >= 0.6 is 15.9 Å². The third-order valence-corrected chi connectivity index (χ3v) is 3.34. The highest BCUT2D eigenvalue weighted by atomic mass is 79.9. The summed E-state index contributed by atoms with van der Waals surface area (Å²) >= 11 is 3.38. The number of hydrogen-bond donors (Lipinski definition) is 2. The van der Waals surface area contributed by atoms with Crippen LogP contribution in [-0.2, 0) is 6.42 Å². The van der Waals surface area contributed by atoms with Crippen molar-refractivity contribution in [2.75, 3.05) is 0 Å². The van der Waals surface area contributed by atoms with Crippen molar-refractivity contribution in [2.45, 2.75) is 19.4 Å². The predicted molar refractivity (Wildman–Crippen MR) is 76.9 cm³/mol. The molecule has 0 aliphatic carbocycles. The van der Waals surface area contributed by atoms with Gasteiger partial charge >= 0.3 is 0 Å². The van der Waals surface area contributed by atoms with E-state index < -0.39 is 0 Å². The van der Waals surface area contributed by atoms with Crippen molar-refractivity contribution in [2.24, 2.45) is 5.84 Å². The molecule has 1 atom stereocenters. The van der Waals surface area contributed by atoms with E-state index in [9.17, 15) is 0 Å². The SMILES string of the molecule is Cc1ccc(CC(NN)c2ccc(Br)cn2)cc1. The van der Waals surface area contributed by atoms with Crippen LogP contribution in [0.1, 0.15) is 22.9 Å². The summed E-state index contributed by atoms with van der Waals surface area (Å²) in [7, 11) is 0. The molecule has 3 N–H and O–H groups in total. The molecule has 2 aromatic rings. The predicted octanol–water partition coefficient (Wildman–Crippen LogP) is 2.90. The van der Waals surface area contributed by atoms with Gasteiger partial charge in [-0.1, -0.05) is 29.8 Å². The van der Waals surface area contributed by atoms with Crippen LogP contribution in [0.3, 0.4) is 0 Å². The van der Waals surface area contributed by atoms with Crippen LogP contribution in [0.4, 0.5) is 0 Å². The standard InChI is InChI=1S/C14H16BrN3/c1-10-2-4-11(5-3-10)8-14(18-16)13-7-6-12(15)9-17-13/h2-7,9,14,18H,8,16H2,1H3. The number of nitrogens with one attached hydrogen (secondary N) is 1. The second-order valence-electron chi connectivity index (χ2n) is 4.31. The summed E-state index contributed by atoms with van der Waals surface area (Å²) in [5, 5.41) is 0. The Hall–Kier alpha value is -1.23. The van der Waals surface area contributed by atoms with Gasteiger partial charge in [0.15, 0.2) is 0 Å². The molecule has 1 unspecified atom stereocenters. The molecule has 0 bridgehead atoms. The summed E-state index contributed by atoms with van der Waals surface area (Å²) in [6.45, 7) is 2.08. The van der Waals surface area contributed by atoms with E-state index in [1.807, 2.05) is 12.1 Å². The Balaban J connectivity index is 2.14. The molecule has 0 saturated carbocycles. The molecule has 0 saturated heterocycles. The fourth-order valence-corrected chi connectivity index (χ4v) is 2.04. The number of aromatic nitrogens is 1. The van der Waals surface area contributed by atoms with Gasteiger partial charge in [-0.3, -0.25) is 16.3 Å². The number of rotatable bonds is 4. The molecule has 2 rings (SSSR count). The highest BCUT2D eigenvalue weighted by Gasteiger charge is 2.11. The average Bonchev–Trinajstić information content (AvgIpc) is 2.39. The summed E-state index contributed by atoms with van der Waals surface area (Å²) in [6.07, 6.45) is 2.61. The van der Waals surface area contributed by atoms with E-state index in [0.717, 1.165) is 16.6 Å². The van der Waals surface area contributed by atoms with Crippen molar-refractivity contribution in [3.8, 4) is 0 Å². The van der Waals surface area contributed by atoms with Gasteiger partial charge < -0.3 is 0 Å². The Morgan fingerprint density at radius 1 is 1.22 bits per heavy atom. The summed E-state index contributed by atoms with van der Waals surface area (Å²) in [5.74, 6) is 5.62. The number of aryl methyl sites for hydroxylation is 1. The highest BCUT2D eigenvalue weighted by molar-refractivity contribution is 9.10. The zero-order chi connectivity index (χ0) is 13.0. The molecule has 0 radical (unpaired) electrons. The molecule has 0 aliphatic heterocycles. The van der Waals surface area contributed by atoms with E-state index in [2.05, 4.69) is 57.5 Å². The van der Waals surface area contributed by atoms with Crippen LogP contribution < -0.4 is 11.3 Å². The molecule has 1 heterocycles. The van der Waals surface area contributed by atoms with Gasteiger partial charge in [0.1, 0.15) is 0 Å². The van der Waals surface area contributed by atoms with Crippen molar-refractivity contribution in [3.63, 3.8) is 0 Å². The van der Waals surface area contributed by atoms with Gasteiger partial charge in [0.2, 0.25) is 0 Å². The molecule has 0 aliphatic rings. The van der Waals surface area contributed by atoms with E-state index in [1.165, 1.54) is 11.1 Å². The van der Waals surface area contributed by atoms with Crippen molar-refractivity contribution in [3.05, 3.63) is 63.9 Å². The molecule has 1 aromatic carbocycles. The summed E-state index contributed by atoms with van der Waals surface area (Å²) in [4.78, 5) is 4.37. The Labute approximate surface area is 116 Å². The Kier molecular flexibility index (Phi) is 4.47. The number of nitrogens with two attached hydrogens (primary N) is 1. The molecule has 94 valence electrons. The van der Waals surface area contributed by atoms with Gasteiger partial charge in [-0.25, -0.2) is 0 Å². The zero-order valence-electron chi connectivity index (χ0n) is 10.2. The molecule has 0 fully saturated rings. The van der Waals surface area contributed by atoms with E-state index in [4.69, 9.17) is 5.84 Å². The minimum Gasteiger partial charge on any atom is -0.271 e. The first-order valence-corrected chi connectivity index (χ1v) is 6.61. The van der Waals surface area contributed by atoms with E-state index >= 15 is 0 Å². The fourth-order valence-electron chi connectivity index (χ4n) is 1.80. The first kappa shape index (κ1) is 13.2. The maximum atomic E-state index is 5.62. The number of nitrogens with zero attached hydrogens (tertiary/aromatic N) is 1. The number of hydrogen-bond acceptors (Lipinski definition) is 3. The molecule has 0 spiro atoms. The Morgan fingerprint density at radius 2 is 1.94 bits per heavy atom. The molecule has 3 nitrogen and oxygen atoms in total. The highest BCUT2D eigenvalue weighted by Crippen LogP contribution is 2.18. The first-order valence-electron chi connectivity index (χ1n) is 5.82. The largest absolute Gasteiger partial charge is 0.271 e. The van der Waals surface area contributed by atoms with Crippen LogP contribution in [0, 0.1) is 6.92 Å². The molecule has 0 amide bonds. The van der Waals surface area contributed by atoms with Crippen LogP contribution in [0.15, 0.2) is 47.1 Å². The quantitative estimate of drug-likeness (QED) is 0.674. The smallest absolute Gasteiger partial charge is 0.0672 e. The van der Waals surface area contributed by atoms with E-state index in [0.29, 0.717) is 0 Å². The summed E-state index contributed by atoms with van der Waals surface area (Å²) in [6, 6.07) is 12.4. The minimum atomic E-state index is 0.0285. The Bertz CT molecular complexity index is 493. The van der Waals surface area contributed by atoms with Gasteiger partial charge in [-0.15, -0.1) is 0 Å². The van der Waals surface area contributed by atoms with Crippen molar-refractivity contribution >= 4 is 15.9 Å². The summed E-state index contributed by atoms with van der Waals surface area (Å²) in [5.41, 5.74) is 6.27. The third kappa shape index (κ3) is 3.38. The lowest BCUT2D eigenvalue weighted by atomic mass is 10.0. The van der Waals surface area contributed by atoms with Crippen LogP contribution in [-0.4, -0.2) is 4.98 Å². The molecule has 4 heteroatoms. The number of hydrazine groups is 1. The lowest BCUT2D eigenvalue weighted by Crippen LogP contribution is -2.30. The average molecular weight is 306 g/mol. The third-order valence-electron chi connectivity index (χ3n) is 2.87. The topological polar surface area (TPSA) is 50.9 Å². The molecular formula is C14H16BrN3. The second-order valence-corrected chi connectivity index (χ2v) is 5.23. The van der Waals surface area contributed by atoms with Gasteiger partial charge in [0.25, 0.3) is 0 Å². The van der Waals surface area contributed by atoms with Gasteiger partial charge in [-0.2, -0.15) is 0 Å². The molecular weight excluding hydrogens is 290 g/mol. The lowest BCUT2D eigenvalue weighted by Gasteiger charge is -2.15. The molecule has 18 heavy (non-hydrogen) atoms. The number of benzene rings is 1. The first-order chi connectivity index (χ1) is 8.69. The van der Waals surface area contributed by atoms with Gasteiger partial charge in [0, 0.05) is 10.7 Å². The van der Waals surface area contributed by atoms with Crippen LogP contribution in [0.2, 0.25) is 0 Å². The minimum absolute atomic E-state index is 0.0285. The van der Waals surface area contributed by atoms with Crippen LogP contribution in [0.5, 0.6) is 0 Å². The van der Waals surface area contributed by atoms with Crippen LogP contribution in [0.25, 0.3) is 0 Å². The van der Waals surface area contributed by atoms with Gasteiger partial charge in [0.05, 0.1) is 11.7 Å². The zero-order valence-corrected chi connectivity index (χ0v) is 11.8.